The highest BCUT2D eigenvalue weighted by atomic mass is 19.1. The van der Waals surface area contributed by atoms with Crippen molar-refractivity contribution in [3.05, 3.63) is 29.6 Å². The largest absolute Gasteiger partial charge is 0.508 e. The summed E-state index contributed by atoms with van der Waals surface area (Å²) in [6, 6.07) is 4.40. The molecule has 1 N–H and O–H groups in total. The van der Waals surface area contributed by atoms with Crippen molar-refractivity contribution in [2.75, 3.05) is 0 Å². The Hall–Kier alpha value is -1.05. The van der Waals surface area contributed by atoms with Crippen LogP contribution in [0.5, 0.6) is 5.75 Å². The van der Waals surface area contributed by atoms with E-state index in [0.29, 0.717) is 16.7 Å². The van der Waals surface area contributed by atoms with Gasteiger partial charge in [-0.15, -0.1) is 0 Å². The molecule has 0 radical (unpaired) electrons. The molecular weight excluding hydrogens is 263 g/mol. The molecule has 1 aromatic rings. The van der Waals surface area contributed by atoms with Crippen molar-refractivity contribution in [2.24, 2.45) is 16.7 Å². The first-order valence-corrected chi connectivity index (χ1v) is 8.10. The van der Waals surface area contributed by atoms with Crippen LogP contribution in [0.2, 0.25) is 0 Å². The lowest BCUT2D eigenvalue weighted by Crippen LogP contribution is -2.47. The molecule has 2 bridgehead atoms. The number of benzene rings is 1. The predicted octanol–water partition coefficient (Wildman–Crippen LogP) is 5.42. The Bertz CT molecular complexity index is 563. The Morgan fingerprint density at radius 1 is 1.05 bits per heavy atom. The van der Waals surface area contributed by atoms with Gasteiger partial charge in [-0.3, -0.25) is 0 Å². The molecule has 2 heteroatoms. The molecule has 1 aromatic carbocycles. The zero-order valence-corrected chi connectivity index (χ0v) is 13.7. The predicted molar refractivity (Wildman–Crippen MR) is 83.9 cm³/mol. The third-order valence-electron chi connectivity index (χ3n) is 5.69. The fourth-order valence-corrected chi connectivity index (χ4v) is 5.98. The molecule has 3 atom stereocenters. The van der Waals surface area contributed by atoms with Crippen LogP contribution in [0.3, 0.4) is 0 Å². The molecule has 2 aliphatic carbocycles. The number of halogens is 1. The van der Waals surface area contributed by atoms with Gasteiger partial charge in [-0.2, -0.15) is 0 Å². The Labute approximate surface area is 127 Å². The molecule has 3 unspecified atom stereocenters. The van der Waals surface area contributed by atoms with Crippen LogP contribution in [-0.2, 0) is 5.41 Å². The fourth-order valence-electron chi connectivity index (χ4n) is 5.98. The molecule has 116 valence electrons. The quantitative estimate of drug-likeness (QED) is 0.732. The lowest BCUT2D eigenvalue weighted by Gasteiger charge is -2.56. The average Bonchev–Trinajstić information content (AvgIpc) is 2.27. The van der Waals surface area contributed by atoms with E-state index in [2.05, 4.69) is 27.7 Å². The normalized spacial score (nSPS) is 38.2. The minimum atomic E-state index is -0.245. The van der Waals surface area contributed by atoms with Crippen LogP contribution >= 0.6 is 0 Å². The van der Waals surface area contributed by atoms with Crippen LogP contribution in [-0.4, -0.2) is 5.11 Å². The first-order chi connectivity index (χ1) is 9.61. The number of rotatable bonds is 1. The summed E-state index contributed by atoms with van der Waals surface area (Å²) in [4.78, 5) is 0. The van der Waals surface area contributed by atoms with E-state index in [1.165, 1.54) is 31.4 Å². The molecule has 3 rings (SSSR count). The SMILES string of the molecule is CC1(C)CC2CC(C)(C1)CC(C)(c1cc(F)ccc1O)C2. The molecule has 2 saturated carbocycles. The molecule has 0 spiro atoms. The molecule has 0 saturated heterocycles. The molecule has 21 heavy (non-hydrogen) atoms. The molecule has 1 nitrogen and oxygen atoms in total. The van der Waals surface area contributed by atoms with Gasteiger partial charge < -0.3 is 5.11 Å². The van der Waals surface area contributed by atoms with E-state index in [9.17, 15) is 9.50 Å². The van der Waals surface area contributed by atoms with Crippen LogP contribution in [0.15, 0.2) is 18.2 Å². The van der Waals surface area contributed by atoms with E-state index in [4.69, 9.17) is 0 Å². The minimum absolute atomic E-state index is 0.111. The fraction of sp³-hybridized carbons (Fsp3) is 0.684. The average molecular weight is 290 g/mol. The Kier molecular flexibility index (Phi) is 3.17. The van der Waals surface area contributed by atoms with Gasteiger partial charge in [-0.1, -0.05) is 27.7 Å². The van der Waals surface area contributed by atoms with Gasteiger partial charge in [0.25, 0.3) is 0 Å². The van der Waals surface area contributed by atoms with Crippen LogP contribution in [0, 0.1) is 22.6 Å². The van der Waals surface area contributed by atoms with E-state index in [1.807, 2.05) is 0 Å². The van der Waals surface area contributed by atoms with E-state index >= 15 is 0 Å². The third-order valence-corrected chi connectivity index (χ3v) is 5.69. The first kappa shape index (κ1) is 14.9. The van der Waals surface area contributed by atoms with E-state index in [1.54, 1.807) is 6.07 Å². The zero-order chi connectivity index (χ0) is 15.5. The number of hydrogen-bond donors (Lipinski definition) is 1. The minimum Gasteiger partial charge on any atom is -0.508 e. The standard InChI is InChI=1S/C19H27FO/c1-17(2)8-13-9-18(3,11-17)12-19(4,10-13)15-7-14(20)5-6-16(15)21/h5-7,13,21H,8-12H2,1-4H3. The lowest BCUT2D eigenvalue weighted by atomic mass is 9.49. The molecule has 2 aliphatic rings. The zero-order valence-electron chi connectivity index (χ0n) is 13.7. The van der Waals surface area contributed by atoms with Gasteiger partial charge in [0, 0.05) is 5.56 Å². The Morgan fingerprint density at radius 3 is 2.43 bits per heavy atom. The van der Waals surface area contributed by atoms with Crippen molar-refractivity contribution in [3.8, 4) is 5.75 Å². The van der Waals surface area contributed by atoms with Gasteiger partial charge >= 0.3 is 0 Å². The van der Waals surface area contributed by atoms with Crippen molar-refractivity contribution in [1.29, 1.82) is 0 Å². The molecule has 0 aromatic heterocycles. The number of phenolic OH excluding ortho intramolecular Hbond substituents is 1. The summed E-state index contributed by atoms with van der Waals surface area (Å²) in [6.07, 6.45) is 5.85. The van der Waals surface area contributed by atoms with Crippen molar-refractivity contribution in [3.63, 3.8) is 0 Å². The molecule has 0 heterocycles. The highest BCUT2D eigenvalue weighted by molar-refractivity contribution is 5.39. The van der Waals surface area contributed by atoms with Gasteiger partial charge in [0.1, 0.15) is 11.6 Å². The summed E-state index contributed by atoms with van der Waals surface area (Å²) < 4.78 is 13.7. The highest BCUT2D eigenvalue weighted by Crippen LogP contribution is 2.61. The number of aromatic hydroxyl groups is 1. The van der Waals surface area contributed by atoms with Gasteiger partial charge in [0.2, 0.25) is 0 Å². The summed E-state index contributed by atoms with van der Waals surface area (Å²) in [5.41, 5.74) is 1.40. The van der Waals surface area contributed by atoms with Gasteiger partial charge in [0.05, 0.1) is 0 Å². The van der Waals surface area contributed by atoms with E-state index < -0.39 is 0 Å². The van der Waals surface area contributed by atoms with Crippen molar-refractivity contribution in [2.45, 2.75) is 65.2 Å². The van der Waals surface area contributed by atoms with Crippen LogP contribution in [0.4, 0.5) is 4.39 Å². The highest BCUT2D eigenvalue weighted by Gasteiger charge is 2.51. The van der Waals surface area contributed by atoms with Crippen LogP contribution < -0.4 is 0 Å². The van der Waals surface area contributed by atoms with E-state index in [0.717, 1.165) is 18.4 Å². The van der Waals surface area contributed by atoms with Crippen molar-refractivity contribution in [1.82, 2.24) is 0 Å². The number of phenols is 1. The molecule has 0 aliphatic heterocycles. The Morgan fingerprint density at radius 2 is 1.76 bits per heavy atom. The monoisotopic (exact) mass is 290 g/mol. The third kappa shape index (κ3) is 2.69. The summed E-state index contributed by atoms with van der Waals surface area (Å²) in [5.74, 6) is 0.687. The maximum absolute atomic E-state index is 13.7. The second-order valence-electron chi connectivity index (χ2n) is 9.03. The van der Waals surface area contributed by atoms with Crippen molar-refractivity contribution < 1.29 is 9.50 Å². The second-order valence-corrected chi connectivity index (χ2v) is 9.03. The molecular formula is C19H27FO. The first-order valence-electron chi connectivity index (χ1n) is 8.10. The second kappa shape index (κ2) is 4.47. The number of fused-ring (bicyclic) bond motifs is 2. The number of hydrogen-bond acceptors (Lipinski definition) is 1. The van der Waals surface area contributed by atoms with E-state index in [-0.39, 0.29) is 17.0 Å². The smallest absolute Gasteiger partial charge is 0.123 e. The van der Waals surface area contributed by atoms with Crippen LogP contribution in [0.25, 0.3) is 0 Å². The maximum atomic E-state index is 13.7. The maximum Gasteiger partial charge on any atom is 0.123 e. The summed E-state index contributed by atoms with van der Waals surface area (Å²) >= 11 is 0. The summed E-state index contributed by atoms with van der Waals surface area (Å²) in [6.45, 7) is 9.35. The van der Waals surface area contributed by atoms with Gasteiger partial charge in [0.15, 0.2) is 0 Å². The topological polar surface area (TPSA) is 20.2 Å². The summed E-state index contributed by atoms with van der Waals surface area (Å²) in [7, 11) is 0. The molecule has 0 amide bonds. The molecule has 2 fully saturated rings. The summed E-state index contributed by atoms with van der Waals surface area (Å²) in [5, 5.41) is 10.2. The van der Waals surface area contributed by atoms with Gasteiger partial charge in [-0.25, -0.2) is 4.39 Å². The lowest BCUT2D eigenvalue weighted by molar-refractivity contribution is -0.0213. The Balaban J connectivity index is 1.99. The van der Waals surface area contributed by atoms with Crippen molar-refractivity contribution >= 4 is 0 Å². The van der Waals surface area contributed by atoms with Crippen LogP contribution in [0.1, 0.15) is 65.4 Å². The van der Waals surface area contributed by atoms with Gasteiger partial charge in [-0.05, 0) is 72.5 Å².